The largest absolute Gasteiger partial charge is 0.333 e. The molecule has 0 atom stereocenters. The van der Waals surface area contributed by atoms with Gasteiger partial charge in [0.25, 0.3) is 5.56 Å². The van der Waals surface area contributed by atoms with Crippen molar-refractivity contribution < 1.29 is 8.78 Å². The molecule has 5 nitrogen and oxygen atoms in total. The second-order valence-electron chi connectivity index (χ2n) is 3.50. The van der Waals surface area contributed by atoms with E-state index >= 15 is 0 Å². The van der Waals surface area contributed by atoms with E-state index in [0.717, 1.165) is 18.3 Å². The zero-order valence-corrected chi connectivity index (χ0v) is 10.7. The van der Waals surface area contributed by atoms with Crippen LogP contribution in [-0.4, -0.2) is 9.55 Å². The summed E-state index contributed by atoms with van der Waals surface area (Å²) in [5, 5.41) is 8.68. The lowest BCUT2D eigenvalue weighted by Gasteiger charge is -2.08. The fourth-order valence-electron chi connectivity index (χ4n) is 1.48. The van der Waals surface area contributed by atoms with Crippen LogP contribution in [0.2, 0.25) is 0 Å². The quantitative estimate of drug-likeness (QED) is 0.860. The van der Waals surface area contributed by atoms with E-state index in [9.17, 15) is 18.4 Å². The zero-order valence-electron chi connectivity index (χ0n) is 9.08. The fourth-order valence-corrected chi connectivity index (χ4v) is 1.88. The topological polar surface area (TPSA) is 78.7 Å². The SMILES string of the molecule is N#Cc1cn(-c2c(F)cc(Br)cc2F)c(=O)[nH]c1=O. The second kappa shape index (κ2) is 4.78. The van der Waals surface area contributed by atoms with Crippen LogP contribution in [0.5, 0.6) is 0 Å². The molecule has 8 heteroatoms. The van der Waals surface area contributed by atoms with Crippen molar-refractivity contribution in [3.8, 4) is 11.8 Å². The van der Waals surface area contributed by atoms with Crippen molar-refractivity contribution in [1.29, 1.82) is 5.26 Å². The molecule has 1 heterocycles. The lowest BCUT2D eigenvalue weighted by Crippen LogP contribution is -2.31. The van der Waals surface area contributed by atoms with Crippen LogP contribution in [0.25, 0.3) is 5.69 Å². The van der Waals surface area contributed by atoms with Gasteiger partial charge in [-0.1, -0.05) is 15.9 Å². The average molecular weight is 328 g/mol. The Bertz CT molecular complexity index is 797. The van der Waals surface area contributed by atoms with Gasteiger partial charge >= 0.3 is 5.69 Å². The fraction of sp³-hybridized carbons (Fsp3) is 0. The van der Waals surface area contributed by atoms with Gasteiger partial charge in [-0.25, -0.2) is 13.6 Å². The number of hydrogen-bond acceptors (Lipinski definition) is 3. The van der Waals surface area contributed by atoms with Crippen LogP contribution in [0.4, 0.5) is 8.78 Å². The van der Waals surface area contributed by atoms with Gasteiger partial charge in [-0.2, -0.15) is 5.26 Å². The molecule has 1 N–H and O–H groups in total. The van der Waals surface area contributed by atoms with Gasteiger partial charge in [0, 0.05) is 10.7 Å². The van der Waals surface area contributed by atoms with Gasteiger partial charge in [0.15, 0.2) is 11.6 Å². The predicted molar refractivity (Wildman–Crippen MR) is 65.0 cm³/mol. The molecule has 0 saturated heterocycles. The molecule has 2 aromatic rings. The molecule has 2 rings (SSSR count). The van der Waals surface area contributed by atoms with Crippen LogP contribution in [0.1, 0.15) is 5.56 Å². The van der Waals surface area contributed by atoms with E-state index < -0.39 is 34.1 Å². The maximum atomic E-state index is 13.7. The van der Waals surface area contributed by atoms with Gasteiger partial charge in [-0.05, 0) is 12.1 Å². The first-order chi connectivity index (χ1) is 8.93. The molecule has 0 saturated carbocycles. The monoisotopic (exact) mass is 327 g/mol. The van der Waals surface area contributed by atoms with Crippen molar-refractivity contribution in [2.24, 2.45) is 0 Å². The highest BCUT2D eigenvalue weighted by Crippen LogP contribution is 2.21. The summed E-state index contributed by atoms with van der Waals surface area (Å²) in [7, 11) is 0. The molecule has 1 aromatic heterocycles. The molecule has 0 unspecified atom stereocenters. The molecular weight excluding hydrogens is 324 g/mol. The Hall–Kier alpha value is -2.27. The molecule has 19 heavy (non-hydrogen) atoms. The Labute approximate surface area is 112 Å². The van der Waals surface area contributed by atoms with Gasteiger partial charge in [0.1, 0.15) is 17.3 Å². The highest BCUT2D eigenvalue weighted by Gasteiger charge is 2.15. The Balaban J connectivity index is 2.84. The van der Waals surface area contributed by atoms with Gasteiger partial charge < -0.3 is 0 Å². The first-order valence-corrected chi connectivity index (χ1v) is 5.64. The van der Waals surface area contributed by atoms with Gasteiger partial charge in [0.05, 0.1) is 0 Å². The number of aromatic nitrogens is 2. The summed E-state index contributed by atoms with van der Waals surface area (Å²) >= 11 is 2.90. The lowest BCUT2D eigenvalue weighted by atomic mass is 10.2. The third kappa shape index (κ3) is 2.32. The second-order valence-corrected chi connectivity index (χ2v) is 4.42. The zero-order chi connectivity index (χ0) is 14.2. The van der Waals surface area contributed by atoms with E-state index in [2.05, 4.69) is 15.9 Å². The van der Waals surface area contributed by atoms with Gasteiger partial charge in [-0.3, -0.25) is 14.3 Å². The van der Waals surface area contributed by atoms with Gasteiger partial charge in [0.2, 0.25) is 0 Å². The van der Waals surface area contributed by atoms with E-state index in [1.165, 1.54) is 6.07 Å². The molecule has 1 aromatic carbocycles. The predicted octanol–water partition coefficient (Wildman–Crippen LogP) is 1.44. The number of rotatable bonds is 1. The van der Waals surface area contributed by atoms with Crippen LogP contribution in [0.3, 0.4) is 0 Å². The minimum absolute atomic E-state index is 0.157. The molecule has 0 aliphatic rings. The van der Waals surface area contributed by atoms with Crippen LogP contribution in [0.15, 0.2) is 32.4 Å². The summed E-state index contributed by atoms with van der Waals surface area (Å²) in [6.45, 7) is 0. The lowest BCUT2D eigenvalue weighted by molar-refractivity contribution is 0.563. The summed E-state index contributed by atoms with van der Waals surface area (Å²) in [6.07, 6.45) is 0.788. The number of aromatic amines is 1. The molecule has 0 spiro atoms. The smallest absolute Gasteiger partial charge is 0.273 e. The summed E-state index contributed by atoms with van der Waals surface area (Å²) in [6, 6.07) is 3.45. The Morgan fingerprint density at radius 2 is 1.84 bits per heavy atom. The molecule has 0 fully saturated rings. The first-order valence-electron chi connectivity index (χ1n) is 4.85. The minimum atomic E-state index is -1.04. The molecular formula is C11H4BrF2N3O2. The standard InChI is InChI=1S/C11H4BrF2N3O2/c12-6-1-7(13)9(8(14)2-6)17-4-5(3-15)10(18)16-11(17)19/h1-2,4H,(H,16,18,19). The van der Waals surface area contributed by atoms with E-state index in [-0.39, 0.29) is 4.47 Å². The van der Waals surface area contributed by atoms with Gasteiger partial charge in [-0.15, -0.1) is 0 Å². The van der Waals surface area contributed by atoms with Crippen LogP contribution >= 0.6 is 15.9 Å². The summed E-state index contributed by atoms with van der Waals surface area (Å²) in [4.78, 5) is 24.6. The Morgan fingerprint density at radius 3 is 2.37 bits per heavy atom. The average Bonchev–Trinajstić information content (AvgIpc) is 2.30. The molecule has 0 aliphatic heterocycles. The Kier molecular flexibility index (Phi) is 3.31. The summed E-state index contributed by atoms with van der Waals surface area (Å²) in [5.74, 6) is -2.02. The van der Waals surface area contributed by atoms with Crippen molar-refractivity contribution in [3.63, 3.8) is 0 Å². The molecule has 96 valence electrons. The van der Waals surface area contributed by atoms with Crippen LogP contribution in [-0.2, 0) is 0 Å². The summed E-state index contributed by atoms with van der Waals surface area (Å²) in [5.41, 5.74) is -3.05. The maximum absolute atomic E-state index is 13.7. The number of nitrogens with zero attached hydrogens (tertiary/aromatic N) is 2. The van der Waals surface area contributed by atoms with E-state index in [1.807, 2.05) is 4.98 Å². The summed E-state index contributed by atoms with van der Waals surface area (Å²) < 4.78 is 28.1. The maximum Gasteiger partial charge on any atom is 0.333 e. The third-order valence-corrected chi connectivity index (χ3v) is 2.74. The van der Waals surface area contributed by atoms with Crippen molar-refractivity contribution in [1.82, 2.24) is 9.55 Å². The Morgan fingerprint density at radius 1 is 1.26 bits per heavy atom. The third-order valence-electron chi connectivity index (χ3n) is 2.29. The van der Waals surface area contributed by atoms with E-state index in [0.29, 0.717) is 4.57 Å². The van der Waals surface area contributed by atoms with Crippen LogP contribution in [0, 0.1) is 23.0 Å². The highest BCUT2D eigenvalue weighted by atomic mass is 79.9. The normalized spacial score (nSPS) is 10.2. The number of halogens is 3. The van der Waals surface area contributed by atoms with Crippen molar-refractivity contribution >= 4 is 15.9 Å². The number of nitrogens with one attached hydrogen (secondary N) is 1. The van der Waals surface area contributed by atoms with Crippen molar-refractivity contribution in [3.05, 3.63) is 60.8 Å². The van der Waals surface area contributed by atoms with Crippen molar-refractivity contribution in [2.75, 3.05) is 0 Å². The molecule has 0 aliphatic carbocycles. The minimum Gasteiger partial charge on any atom is -0.273 e. The van der Waals surface area contributed by atoms with Crippen molar-refractivity contribution in [2.45, 2.75) is 0 Å². The van der Waals surface area contributed by atoms with E-state index in [1.54, 1.807) is 0 Å². The molecule has 0 radical (unpaired) electrons. The first kappa shape index (κ1) is 13.2. The number of benzene rings is 1. The molecule has 0 bridgehead atoms. The number of H-pyrrole nitrogens is 1. The highest BCUT2D eigenvalue weighted by molar-refractivity contribution is 9.10. The molecule has 0 amide bonds. The van der Waals surface area contributed by atoms with Crippen LogP contribution < -0.4 is 11.2 Å². The van der Waals surface area contributed by atoms with E-state index in [4.69, 9.17) is 5.26 Å². The number of nitriles is 1. The number of hydrogen-bond donors (Lipinski definition) is 1.